The molecule has 0 fully saturated rings. The maximum Gasteiger partial charge on any atom is 0.232 e. The average Bonchev–Trinajstić information content (AvgIpc) is 2.64. The molecular weight excluding hydrogens is 338 g/mol. The Morgan fingerprint density at radius 3 is 2.50 bits per heavy atom. The van der Waals surface area contributed by atoms with Gasteiger partial charge in [0.15, 0.2) is 0 Å². The van der Waals surface area contributed by atoms with E-state index in [9.17, 15) is 4.79 Å². The molecular formula is C20H20ClNOS. The van der Waals surface area contributed by atoms with E-state index in [0.29, 0.717) is 12.3 Å². The summed E-state index contributed by atoms with van der Waals surface area (Å²) >= 11 is 7.54. The number of thioether (sulfide) groups is 1. The van der Waals surface area contributed by atoms with E-state index >= 15 is 0 Å². The first-order valence-electron chi connectivity index (χ1n) is 8.07. The molecule has 1 heterocycles. The molecule has 2 aromatic rings. The van der Waals surface area contributed by atoms with Gasteiger partial charge in [-0.3, -0.25) is 4.79 Å². The molecule has 124 valence electrons. The Morgan fingerprint density at radius 1 is 1.08 bits per heavy atom. The van der Waals surface area contributed by atoms with Crippen molar-refractivity contribution >= 4 is 34.8 Å². The highest BCUT2D eigenvalue weighted by Gasteiger charge is 2.17. The Balaban J connectivity index is 1.46. The van der Waals surface area contributed by atoms with Crippen LogP contribution in [0, 0.1) is 0 Å². The summed E-state index contributed by atoms with van der Waals surface area (Å²) in [6.45, 7) is 1.52. The van der Waals surface area contributed by atoms with Gasteiger partial charge in [-0.15, -0.1) is 11.8 Å². The van der Waals surface area contributed by atoms with Crippen molar-refractivity contribution in [2.24, 2.45) is 0 Å². The fourth-order valence-electron chi connectivity index (χ4n) is 2.74. The first kappa shape index (κ1) is 17.1. The molecule has 0 radical (unpaired) electrons. The van der Waals surface area contributed by atoms with Gasteiger partial charge in [0, 0.05) is 23.9 Å². The SMILES string of the molecule is O=C(CSCc1ccc(Cl)cc1)N1CC=C(c2ccccc2)CC1. The minimum Gasteiger partial charge on any atom is -0.338 e. The summed E-state index contributed by atoms with van der Waals surface area (Å²) in [5.41, 5.74) is 3.80. The summed E-state index contributed by atoms with van der Waals surface area (Å²) in [7, 11) is 0. The summed E-state index contributed by atoms with van der Waals surface area (Å²) in [5, 5.41) is 0.745. The van der Waals surface area contributed by atoms with Crippen LogP contribution in [0.5, 0.6) is 0 Å². The summed E-state index contributed by atoms with van der Waals surface area (Å²) < 4.78 is 0. The zero-order valence-corrected chi connectivity index (χ0v) is 15.0. The topological polar surface area (TPSA) is 20.3 Å². The third-order valence-electron chi connectivity index (χ3n) is 4.11. The minimum absolute atomic E-state index is 0.220. The number of hydrogen-bond acceptors (Lipinski definition) is 2. The lowest BCUT2D eigenvalue weighted by molar-refractivity contribution is -0.127. The number of rotatable bonds is 5. The van der Waals surface area contributed by atoms with Gasteiger partial charge in [-0.2, -0.15) is 0 Å². The van der Waals surface area contributed by atoms with E-state index in [0.717, 1.165) is 23.7 Å². The van der Waals surface area contributed by atoms with Crippen LogP contribution < -0.4 is 0 Å². The lowest BCUT2D eigenvalue weighted by Crippen LogP contribution is -2.35. The monoisotopic (exact) mass is 357 g/mol. The number of halogens is 1. The molecule has 1 aliphatic rings. The molecule has 24 heavy (non-hydrogen) atoms. The van der Waals surface area contributed by atoms with Crippen LogP contribution in [-0.4, -0.2) is 29.6 Å². The summed E-state index contributed by atoms with van der Waals surface area (Å²) in [6.07, 6.45) is 3.11. The lowest BCUT2D eigenvalue weighted by Gasteiger charge is -2.26. The maximum atomic E-state index is 12.3. The van der Waals surface area contributed by atoms with Gasteiger partial charge in [-0.05, 0) is 35.3 Å². The van der Waals surface area contributed by atoms with Crippen molar-refractivity contribution in [3.05, 3.63) is 76.8 Å². The van der Waals surface area contributed by atoms with E-state index in [1.165, 1.54) is 16.7 Å². The minimum atomic E-state index is 0.220. The zero-order chi connectivity index (χ0) is 16.8. The first-order valence-corrected chi connectivity index (χ1v) is 9.60. The smallest absolute Gasteiger partial charge is 0.232 e. The van der Waals surface area contributed by atoms with Crippen LogP contribution in [0.25, 0.3) is 5.57 Å². The first-order chi connectivity index (χ1) is 11.7. The van der Waals surface area contributed by atoms with Crippen LogP contribution in [0.1, 0.15) is 17.5 Å². The molecule has 3 rings (SSSR count). The number of carbonyl (C=O) groups excluding carboxylic acids is 1. The van der Waals surface area contributed by atoms with Crippen molar-refractivity contribution in [2.45, 2.75) is 12.2 Å². The lowest BCUT2D eigenvalue weighted by atomic mass is 10.00. The third kappa shape index (κ3) is 4.65. The van der Waals surface area contributed by atoms with E-state index in [-0.39, 0.29) is 5.91 Å². The third-order valence-corrected chi connectivity index (χ3v) is 5.35. The standard InChI is InChI=1S/C20H20ClNOS/c21-19-8-6-16(7-9-19)14-24-15-20(23)22-12-10-18(11-13-22)17-4-2-1-3-5-17/h1-10H,11-15H2. The van der Waals surface area contributed by atoms with Gasteiger partial charge >= 0.3 is 0 Å². The maximum absolute atomic E-state index is 12.3. The highest BCUT2D eigenvalue weighted by atomic mass is 35.5. The Bertz CT molecular complexity index is 712. The average molecular weight is 358 g/mol. The Kier molecular flexibility index (Phi) is 6.00. The Morgan fingerprint density at radius 2 is 1.83 bits per heavy atom. The molecule has 0 saturated heterocycles. The van der Waals surface area contributed by atoms with Crippen molar-refractivity contribution < 1.29 is 4.79 Å². The van der Waals surface area contributed by atoms with Gasteiger partial charge in [-0.25, -0.2) is 0 Å². The molecule has 1 amide bonds. The van der Waals surface area contributed by atoms with Gasteiger partial charge in [0.1, 0.15) is 0 Å². The highest BCUT2D eigenvalue weighted by Crippen LogP contribution is 2.23. The Hall–Kier alpha value is -1.71. The molecule has 0 aliphatic carbocycles. The number of hydrogen-bond donors (Lipinski definition) is 0. The summed E-state index contributed by atoms with van der Waals surface area (Å²) in [6, 6.07) is 18.2. The molecule has 0 bridgehead atoms. The van der Waals surface area contributed by atoms with Gasteiger partial charge < -0.3 is 4.90 Å². The van der Waals surface area contributed by atoms with E-state index in [1.54, 1.807) is 11.8 Å². The summed E-state index contributed by atoms with van der Waals surface area (Å²) in [4.78, 5) is 14.3. The van der Waals surface area contributed by atoms with E-state index in [4.69, 9.17) is 11.6 Å². The van der Waals surface area contributed by atoms with Gasteiger partial charge in [0.2, 0.25) is 5.91 Å². The molecule has 2 nitrogen and oxygen atoms in total. The molecule has 0 aromatic heterocycles. The van der Waals surface area contributed by atoms with E-state index < -0.39 is 0 Å². The van der Waals surface area contributed by atoms with Crippen LogP contribution in [0.4, 0.5) is 0 Å². The second kappa shape index (κ2) is 8.41. The van der Waals surface area contributed by atoms with Crippen LogP contribution in [0.15, 0.2) is 60.7 Å². The molecule has 0 unspecified atom stereocenters. The molecule has 0 saturated carbocycles. The number of nitrogens with zero attached hydrogens (tertiary/aromatic N) is 1. The molecule has 4 heteroatoms. The zero-order valence-electron chi connectivity index (χ0n) is 13.5. The van der Waals surface area contributed by atoms with Crippen molar-refractivity contribution in [3.63, 3.8) is 0 Å². The largest absolute Gasteiger partial charge is 0.338 e. The second-order valence-electron chi connectivity index (χ2n) is 5.80. The van der Waals surface area contributed by atoms with E-state index in [1.807, 2.05) is 35.2 Å². The number of benzene rings is 2. The molecule has 2 aromatic carbocycles. The predicted molar refractivity (Wildman–Crippen MR) is 103 cm³/mol. The van der Waals surface area contributed by atoms with Crippen molar-refractivity contribution in [2.75, 3.05) is 18.8 Å². The van der Waals surface area contributed by atoms with Crippen molar-refractivity contribution in [1.29, 1.82) is 0 Å². The molecule has 0 N–H and O–H groups in total. The summed E-state index contributed by atoms with van der Waals surface area (Å²) in [5.74, 6) is 1.58. The Labute approximate surface area is 152 Å². The molecule has 1 aliphatic heterocycles. The predicted octanol–water partition coefficient (Wildman–Crippen LogP) is 4.89. The van der Waals surface area contributed by atoms with Gasteiger partial charge in [-0.1, -0.05) is 60.1 Å². The van der Waals surface area contributed by atoms with Gasteiger partial charge in [0.05, 0.1) is 5.75 Å². The van der Waals surface area contributed by atoms with Crippen LogP contribution in [0.2, 0.25) is 5.02 Å². The number of amides is 1. The van der Waals surface area contributed by atoms with Gasteiger partial charge in [0.25, 0.3) is 0 Å². The number of carbonyl (C=O) groups is 1. The quantitative estimate of drug-likeness (QED) is 0.759. The van der Waals surface area contributed by atoms with Crippen LogP contribution in [0.3, 0.4) is 0 Å². The molecule has 0 atom stereocenters. The normalized spacial score (nSPS) is 14.4. The molecule has 0 spiro atoms. The fraction of sp³-hybridized carbons (Fsp3) is 0.250. The fourth-order valence-corrected chi connectivity index (χ4v) is 3.75. The van der Waals surface area contributed by atoms with Crippen LogP contribution >= 0.6 is 23.4 Å². The van der Waals surface area contributed by atoms with E-state index in [2.05, 4.69) is 30.3 Å². The van der Waals surface area contributed by atoms with Crippen molar-refractivity contribution in [1.82, 2.24) is 4.90 Å². The highest BCUT2D eigenvalue weighted by molar-refractivity contribution is 7.99. The second-order valence-corrected chi connectivity index (χ2v) is 7.23. The van der Waals surface area contributed by atoms with Crippen molar-refractivity contribution in [3.8, 4) is 0 Å². The van der Waals surface area contributed by atoms with Crippen LogP contribution in [-0.2, 0) is 10.5 Å².